The van der Waals surface area contributed by atoms with Crippen molar-refractivity contribution in [3.63, 3.8) is 0 Å². The minimum Gasteiger partial charge on any atom is -0.354 e. The number of carbonyl (C=O) groups excluding carboxylic acids is 1. The SMILES string of the molecule is CC(C)(C)C(=O)ONS(=O)(=O)N1CCNCC1. The van der Waals surface area contributed by atoms with Gasteiger partial charge in [0.2, 0.25) is 0 Å². The lowest BCUT2D eigenvalue weighted by Crippen LogP contribution is -2.51. The Labute approximate surface area is 102 Å². The van der Waals surface area contributed by atoms with Crippen LogP contribution in [0.4, 0.5) is 0 Å². The van der Waals surface area contributed by atoms with Crippen LogP contribution >= 0.6 is 0 Å². The highest BCUT2D eigenvalue weighted by molar-refractivity contribution is 7.87. The summed E-state index contributed by atoms with van der Waals surface area (Å²) in [7, 11) is -3.74. The minimum atomic E-state index is -3.74. The van der Waals surface area contributed by atoms with Crippen molar-refractivity contribution < 1.29 is 18.0 Å². The van der Waals surface area contributed by atoms with Crippen molar-refractivity contribution in [3.05, 3.63) is 0 Å². The molecule has 0 aromatic carbocycles. The zero-order valence-corrected chi connectivity index (χ0v) is 11.1. The Hall–Kier alpha value is -0.700. The molecule has 0 unspecified atom stereocenters. The molecule has 2 N–H and O–H groups in total. The Balaban J connectivity index is 2.52. The quantitative estimate of drug-likeness (QED) is 0.654. The molecule has 1 aliphatic rings. The smallest absolute Gasteiger partial charge is 0.331 e. The first-order valence-corrected chi connectivity index (χ1v) is 6.86. The summed E-state index contributed by atoms with van der Waals surface area (Å²) in [5.41, 5.74) is -0.744. The fourth-order valence-electron chi connectivity index (χ4n) is 1.18. The maximum Gasteiger partial charge on any atom is 0.331 e. The van der Waals surface area contributed by atoms with Crippen molar-refractivity contribution in [2.45, 2.75) is 20.8 Å². The summed E-state index contributed by atoms with van der Waals surface area (Å²) in [6.07, 6.45) is 0. The third-order valence-electron chi connectivity index (χ3n) is 2.27. The zero-order valence-electron chi connectivity index (χ0n) is 10.3. The summed E-state index contributed by atoms with van der Waals surface area (Å²) < 4.78 is 24.7. The maximum absolute atomic E-state index is 11.7. The second-order valence-corrected chi connectivity index (χ2v) is 6.51. The van der Waals surface area contributed by atoms with Gasteiger partial charge in [-0.15, -0.1) is 0 Å². The lowest BCUT2D eigenvalue weighted by molar-refractivity contribution is -0.156. The molecule has 1 saturated heterocycles. The number of nitrogens with one attached hydrogen (secondary N) is 2. The van der Waals surface area contributed by atoms with E-state index >= 15 is 0 Å². The van der Waals surface area contributed by atoms with Gasteiger partial charge in [-0.2, -0.15) is 12.7 Å². The second-order valence-electron chi connectivity index (χ2n) is 4.88. The summed E-state index contributed by atoms with van der Waals surface area (Å²) >= 11 is 0. The van der Waals surface area contributed by atoms with Gasteiger partial charge in [-0.05, 0) is 25.7 Å². The van der Waals surface area contributed by atoms with E-state index in [9.17, 15) is 13.2 Å². The Morgan fingerprint density at radius 1 is 1.29 bits per heavy atom. The molecule has 0 radical (unpaired) electrons. The highest BCUT2D eigenvalue weighted by Crippen LogP contribution is 2.14. The summed E-state index contributed by atoms with van der Waals surface area (Å²) in [6.45, 7) is 6.85. The monoisotopic (exact) mass is 265 g/mol. The largest absolute Gasteiger partial charge is 0.354 e. The molecule has 8 heteroatoms. The second kappa shape index (κ2) is 5.30. The van der Waals surface area contributed by atoms with Crippen molar-refractivity contribution in [2.75, 3.05) is 26.2 Å². The van der Waals surface area contributed by atoms with Crippen LogP contribution < -0.4 is 10.2 Å². The molecule has 0 aliphatic carbocycles. The first-order valence-electron chi connectivity index (χ1n) is 5.42. The summed E-state index contributed by atoms with van der Waals surface area (Å²) in [5, 5.41) is 3.03. The van der Waals surface area contributed by atoms with Crippen molar-refractivity contribution in [1.29, 1.82) is 0 Å². The highest BCUT2D eigenvalue weighted by atomic mass is 32.2. The molecular formula is C9H19N3O4S. The van der Waals surface area contributed by atoms with E-state index in [1.54, 1.807) is 20.8 Å². The number of carbonyl (C=O) groups is 1. The third kappa shape index (κ3) is 4.23. The Kier molecular flexibility index (Phi) is 4.48. The van der Waals surface area contributed by atoms with Gasteiger partial charge < -0.3 is 10.2 Å². The van der Waals surface area contributed by atoms with E-state index in [4.69, 9.17) is 0 Å². The average molecular weight is 265 g/mol. The molecule has 0 aromatic heterocycles. The summed E-state index contributed by atoms with van der Waals surface area (Å²) in [6, 6.07) is 0. The van der Waals surface area contributed by atoms with Gasteiger partial charge in [0.15, 0.2) is 0 Å². The predicted octanol–water partition coefficient (Wildman–Crippen LogP) is -0.770. The topological polar surface area (TPSA) is 87.7 Å². The molecule has 0 amide bonds. The number of piperazine rings is 1. The fourth-order valence-corrected chi connectivity index (χ4v) is 2.13. The van der Waals surface area contributed by atoms with E-state index in [0.717, 1.165) is 0 Å². The maximum atomic E-state index is 11.7. The first-order chi connectivity index (χ1) is 7.73. The van der Waals surface area contributed by atoms with Crippen LogP contribution in [0.15, 0.2) is 0 Å². The summed E-state index contributed by atoms with van der Waals surface area (Å²) in [4.78, 5) is 17.9. The van der Waals surface area contributed by atoms with Crippen LogP contribution in [0.2, 0.25) is 0 Å². The van der Waals surface area contributed by atoms with Crippen LogP contribution in [0.3, 0.4) is 0 Å². The van der Waals surface area contributed by atoms with Gasteiger partial charge >= 0.3 is 16.2 Å². The molecule has 0 spiro atoms. The Morgan fingerprint density at radius 3 is 2.29 bits per heavy atom. The van der Waals surface area contributed by atoms with E-state index in [0.29, 0.717) is 26.2 Å². The minimum absolute atomic E-state index is 0.363. The lowest BCUT2D eigenvalue weighted by atomic mass is 9.98. The highest BCUT2D eigenvalue weighted by Gasteiger charge is 2.28. The van der Waals surface area contributed by atoms with Crippen LogP contribution in [0.25, 0.3) is 0 Å². The molecule has 1 rings (SSSR count). The Bertz CT molecular complexity index is 368. The predicted molar refractivity (Wildman–Crippen MR) is 62.0 cm³/mol. The molecule has 1 heterocycles. The van der Waals surface area contributed by atoms with E-state index in [1.807, 2.05) is 4.89 Å². The lowest BCUT2D eigenvalue weighted by Gasteiger charge is -2.26. The molecule has 1 fully saturated rings. The molecule has 17 heavy (non-hydrogen) atoms. The van der Waals surface area contributed by atoms with Gasteiger partial charge in [0.25, 0.3) is 0 Å². The molecule has 0 aromatic rings. The molecule has 100 valence electrons. The molecule has 1 aliphatic heterocycles. The van der Waals surface area contributed by atoms with Crippen molar-refractivity contribution in [3.8, 4) is 0 Å². The van der Waals surface area contributed by atoms with Gasteiger partial charge in [0, 0.05) is 26.2 Å². The van der Waals surface area contributed by atoms with Crippen LogP contribution in [0.1, 0.15) is 20.8 Å². The van der Waals surface area contributed by atoms with Gasteiger partial charge in [0.05, 0.1) is 5.41 Å². The van der Waals surface area contributed by atoms with Crippen LogP contribution in [0, 0.1) is 5.41 Å². The standard InChI is InChI=1S/C9H19N3O4S/c1-9(2,3)8(13)16-11-17(14,15)12-6-4-10-5-7-12/h10-11H,4-7H2,1-3H3. The van der Waals surface area contributed by atoms with E-state index < -0.39 is 21.6 Å². The molecule has 0 bridgehead atoms. The van der Waals surface area contributed by atoms with Crippen molar-refractivity contribution in [1.82, 2.24) is 14.5 Å². The van der Waals surface area contributed by atoms with Crippen LogP contribution in [0.5, 0.6) is 0 Å². The number of nitrogens with zero attached hydrogens (tertiary/aromatic N) is 1. The zero-order chi connectivity index (χ0) is 13.1. The van der Waals surface area contributed by atoms with Crippen molar-refractivity contribution in [2.24, 2.45) is 5.41 Å². The van der Waals surface area contributed by atoms with Crippen LogP contribution in [-0.4, -0.2) is 44.9 Å². The van der Waals surface area contributed by atoms with Crippen molar-refractivity contribution >= 4 is 16.2 Å². The fraction of sp³-hybridized carbons (Fsp3) is 0.889. The number of hydrogen-bond acceptors (Lipinski definition) is 5. The van der Waals surface area contributed by atoms with E-state index in [-0.39, 0.29) is 0 Å². The van der Waals surface area contributed by atoms with Gasteiger partial charge in [0.1, 0.15) is 0 Å². The van der Waals surface area contributed by atoms with Crippen LogP contribution in [-0.2, 0) is 19.8 Å². The normalized spacial score (nSPS) is 19.0. The third-order valence-corrected chi connectivity index (χ3v) is 3.61. The van der Waals surface area contributed by atoms with Gasteiger partial charge in [-0.25, -0.2) is 4.79 Å². The molecule has 0 atom stereocenters. The van der Waals surface area contributed by atoms with Gasteiger partial charge in [-0.3, -0.25) is 0 Å². The number of hydrogen-bond donors (Lipinski definition) is 2. The number of rotatable bonds is 3. The first kappa shape index (κ1) is 14.4. The Morgan fingerprint density at radius 2 is 1.82 bits per heavy atom. The summed E-state index contributed by atoms with van der Waals surface area (Å²) in [5.74, 6) is -0.615. The average Bonchev–Trinajstić information content (AvgIpc) is 2.26. The van der Waals surface area contributed by atoms with E-state index in [2.05, 4.69) is 10.2 Å². The molecular weight excluding hydrogens is 246 g/mol. The molecule has 0 saturated carbocycles. The van der Waals surface area contributed by atoms with Gasteiger partial charge in [-0.1, -0.05) is 0 Å². The molecule has 7 nitrogen and oxygen atoms in total. The van der Waals surface area contributed by atoms with E-state index in [1.165, 1.54) is 4.31 Å².